The monoisotopic (exact) mass is 298 g/mol. The molecular weight excluding hydrogens is 284 g/mol. The molecule has 0 radical (unpaired) electrons. The topological polar surface area (TPSA) is 34.0 Å². The Bertz CT molecular complexity index is 807. The Morgan fingerprint density at radius 1 is 1.19 bits per heavy atom. The molecule has 0 aliphatic rings. The van der Waals surface area contributed by atoms with E-state index in [4.69, 9.17) is 11.6 Å². The zero-order valence-electron chi connectivity index (χ0n) is 11.6. The van der Waals surface area contributed by atoms with Gasteiger partial charge in [0.2, 0.25) is 5.91 Å². The first-order valence-corrected chi connectivity index (χ1v) is 7.11. The van der Waals surface area contributed by atoms with Crippen LogP contribution in [-0.4, -0.2) is 10.5 Å². The molecule has 0 fully saturated rings. The van der Waals surface area contributed by atoms with Crippen molar-refractivity contribution in [3.8, 4) is 0 Å². The van der Waals surface area contributed by atoms with E-state index in [-0.39, 0.29) is 12.5 Å². The van der Waals surface area contributed by atoms with Gasteiger partial charge in [-0.15, -0.1) is 0 Å². The third kappa shape index (κ3) is 2.93. The van der Waals surface area contributed by atoms with E-state index in [1.54, 1.807) is 6.07 Å². The second-order valence-electron chi connectivity index (χ2n) is 5.01. The summed E-state index contributed by atoms with van der Waals surface area (Å²) in [6.45, 7) is 2.22. The lowest BCUT2D eigenvalue weighted by Crippen LogP contribution is -2.18. The summed E-state index contributed by atoms with van der Waals surface area (Å²) in [7, 11) is 0. The van der Waals surface area contributed by atoms with E-state index in [0.29, 0.717) is 5.02 Å². The highest BCUT2D eigenvalue weighted by Gasteiger charge is 2.08. The number of halogens is 1. The number of carbonyl (C=O) groups is 1. The molecule has 1 aromatic heterocycles. The molecule has 0 saturated carbocycles. The first kappa shape index (κ1) is 13.7. The van der Waals surface area contributed by atoms with Crippen LogP contribution in [0.4, 0.5) is 5.69 Å². The van der Waals surface area contributed by atoms with E-state index in [9.17, 15) is 4.79 Å². The number of fused-ring (bicyclic) bond motifs is 1. The summed E-state index contributed by atoms with van der Waals surface area (Å²) >= 11 is 5.96. The largest absolute Gasteiger partial charge is 0.338 e. The van der Waals surface area contributed by atoms with Crippen molar-refractivity contribution in [3.63, 3.8) is 0 Å². The van der Waals surface area contributed by atoms with Gasteiger partial charge >= 0.3 is 0 Å². The molecule has 3 nitrogen and oxygen atoms in total. The highest BCUT2D eigenvalue weighted by atomic mass is 35.5. The minimum Gasteiger partial charge on any atom is -0.338 e. The van der Waals surface area contributed by atoms with Gasteiger partial charge in [0.05, 0.1) is 0 Å². The van der Waals surface area contributed by atoms with Gasteiger partial charge in [-0.2, -0.15) is 0 Å². The molecule has 3 rings (SSSR count). The van der Waals surface area contributed by atoms with Crippen LogP contribution in [0.5, 0.6) is 0 Å². The number of nitrogens with zero attached hydrogens (tertiary/aromatic N) is 1. The van der Waals surface area contributed by atoms with E-state index in [1.165, 1.54) is 0 Å². The molecule has 1 amide bonds. The SMILES string of the molecule is Cc1ccc(Cl)cc1NC(=O)Cn1ccc2ccccc21. The van der Waals surface area contributed by atoms with Crippen molar-refractivity contribution in [1.82, 2.24) is 4.57 Å². The third-order valence-electron chi connectivity index (χ3n) is 3.47. The molecule has 0 aliphatic heterocycles. The van der Waals surface area contributed by atoms with E-state index >= 15 is 0 Å². The maximum absolute atomic E-state index is 12.2. The Balaban J connectivity index is 1.79. The molecule has 0 aliphatic carbocycles. The number of hydrogen-bond acceptors (Lipinski definition) is 1. The maximum atomic E-state index is 12.2. The highest BCUT2D eigenvalue weighted by molar-refractivity contribution is 6.31. The smallest absolute Gasteiger partial charge is 0.244 e. The molecule has 21 heavy (non-hydrogen) atoms. The summed E-state index contributed by atoms with van der Waals surface area (Å²) in [6.07, 6.45) is 1.93. The molecule has 3 aromatic rings. The molecule has 0 spiro atoms. The van der Waals surface area contributed by atoms with Crippen LogP contribution in [0.25, 0.3) is 10.9 Å². The third-order valence-corrected chi connectivity index (χ3v) is 3.70. The van der Waals surface area contributed by atoms with Gasteiger partial charge in [0.15, 0.2) is 0 Å². The predicted octanol–water partition coefficient (Wildman–Crippen LogP) is 4.24. The van der Waals surface area contributed by atoms with Crippen LogP contribution < -0.4 is 5.32 Å². The first-order valence-electron chi connectivity index (χ1n) is 6.73. The number of para-hydroxylation sites is 1. The molecular formula is C17H15ClN2O. The van der Waals surface area contributed by atoms with Crippen molar-refractivity contribution in [2.24, 2.45) is 0 Å². The van der Waals surface area contributed by atoms with Crippen LogP contribution in [0.1, 0.15) is 5.56 Å². The number of carbonyl (C=O) groups excluding carboxylic acids is 1. The Hall–Kier alpha value is -2.26. The van der Waals surface area contributed by atoms with E-state index < -0.39 is 0 Å². The molecule has 2 aromatic carbocycles. The Labute approximate surface area is 128 Å². The van der Waals surface area contributed by atoms with Gasteiger partial charge < -0.3 is 9.88 Å². The summed E-state index contributed by atoms with van der Waals surface area (Å²) in [5.41, 5.74) is 2.80. The fraction of sp³-hybridized carbons (Fsp3) is 0.118. The lowest BCUT2D eigenvalue weighted by molar-refractivity contribution is -0.116. The fourth-order valence-electron chi connectivity index (χ4n) is 2.35. The minimum atomic E-state index is -0.0679. The van der Waals surface area contributed by atoms with Crippen LogP contribution in [-0.2, 0) is 11.3 Å². The predicted molar refractivity (Wildman–Crippen MR) is 86.8 cm³/mol. The number of anilines is 1. The molecule has 0 bridgehead atoms. The number of hydrogen-bond donors (Lipinski definition) is 1. The number of aryl methyl sites for hydroxylation is 1. The van der Waals surface area contributed by atoms with E-state index in [2.05, 4.69) is 5.32 Å². The van der Waals surface area contributed by atoms with Gasteiger partial charge in [0, 0.05) is 22.4 Å². The Kier molecular flexibility index (Phi) is 3.67. The van der Waals surface area contributed by atoms with Crippen molar-refractivity contribution < 1.29 is 4.79 Å². The lowest BCUT2D eigenvalue weighted by Gasteiger charge is -2.10. The van der Waals surface area contributed by atoms with Crippen LogP contribution in [0.2, 0.25) is 5.02 Å². The van der Waals surface area contributed by atoms with Crippen LogP contribution >= 0.6 is 11.6 Å². The molecule has 0 atom stereocenters. The zero-order chi connectivity index (χ0) is 14.8. The van der Waals surface area contributed by atoms with Gasteiger partial charge in [0.1, 0.15) is 6.54 Å². The quantitative estimate of drug-likeness (QED) is 0.771. The van der Waals surface area contributed by atoms with Crippen molar-refractivity contribution in [1.29, 1.82) is 0 Å². The van der Waals surface area contributed by atoms with Crippen molar-refractivity contribution in [3.05, 3.63) is 65.3 Å². The Morgan fingerprint density at radius 2 is 2.00 bits per heavy atom. The number of benzene rings is 2. The number of amides is 1. The standard InChI is InChI=1S/C17H15ClN2O/c1-12-6-7-14(18)10-15(12)19-17(21)11-20-9-8-13-4-2-3-5-16(13)20/h2-10H,11H2,1H3,(H,19,21). The summed E-state index contributed by atoms with van der Waals surface area (Å²) in [6, 6.07) is 15.5. The zero-order valence-corrected chi connectivity index (χ0v) is 12.4. The molecule has 0 unspecified atom stereocenters. The van der Waals surface area contributed by atoms with Crippen molar-refractivity contribution in [2.75, 3.05) is 5.32 Å². The normalized spacial score (nSPS) is 10.8. The average Bonchev–Trinajstić information content (AvgIpc) is 2.86. The van der Waals surface area contributed by atoms with E-state index in [1.807, 2.05) is 60.2 Å². The summed E-state index contributed by atoms with van der Waals surface area (Å²) in [5, 5.41) is 4.65. The van der Waals surface area contributed by atoms with Gasteiger partial charge in [-0.25, -0.2) is 0 Å². The first-order chi connectivity index (χ1) is 10.1. The second kappa shape index (κ2) is 5.62. The summed E-state index contributed by atoms with van der Waals surface area (Å²) in [4.78, 5) is 12.2. The van der Waals surface area contributed by atoms with Crippen molar-refractivity contribution in [2.45, 2.75) is 13.5 Å². The van der Waals surface area contributed by atoms with Crippen molar-refractivity contribution >= 4 is 34.1 Å². The number of nitrogens with one attached hydrogen (secondary N) is 1. The minimum absolute atomic E-state index is 0.0679. The number of aromatic nitrogens is 1. The molecule has 106 valence electrons. The average molecular weight is 299 g/mol. The maximum Gasteiger partial charge on any atom is 0.244 e. The second-order valence-corrected chi connectivity index (χ2v) is 5.45. The van der Waals surface area contributed by atoms with Gasteiger partial charge in [-0.1, -0.05) is 35.9 Å². The van der Waals surface area contributed by atoms with Crippen LogP contribution in [0.15, 0.2) is 54.7 Å². The van der Waals surface area contributed by atoms with Gasteiger partial charge in [0.25, 0.3) is 0 Å². The summed E-state index contributed by atoms with van der Waals surface area (Å²) < 4.78 is 1.94. The fourth-order valence-corrected chi connectivity index (χ4v) is 2.52. The number of rotatable bonds is 3. The summed E-state index contributed by atoms with van der Waals surface area (Å²) in [5.74, 6) is -0.0679. The molecule has 1 heterocycles. The van der Waals surface area contributed by atoms with E-state index in [0.717, 1.165) is 22.2 Å². The van der Waals surface area contributed by atoms with Gasteiger partial charge in [-0.3, -0.25) is 4.79 Å². The van der Waals surface area contributed by atoms with Crippen LogP contribution in [0, 0.1) is 6.92 Å². The molecule has 0 saturated heterocycles. The Morgan fingerprint density at radius 3 is 2.86 bits per heavy atom. The van der Waals surface area contributed by atoms with Crippen LogP contribution in [0.3, 0.4) is 0 Å². The highest BCUT2D eigenvalue weighted by Crippen LogP contribution is 2.20. The molecule has 4 heteroatoms. The van der Waals surface area contributed by atoms with Gasteiger partial charge in [-0.05, 0) is 42.1 Å². The molecule has 1 N–H and O–H groups in total. The lowest BCUT2D eigenvalue weighted by atomic mass is 10.2.